The van der Waals surface area contributed by atoms with Gasteiger partial charge in [0.2, 0.25) is 0 Å². The number of hydrogen-bond acceptors (Lipinski definition) is 6. The molecule has 126 valence electrons. The first kappa shape index (κ1) is 17.7. The van der Waals surface area contributed by atoms with Crippen LogP contribution in [-0.4, -0.2) is 37.3 Å². The third kappa shape index (κ3) is 4.89. The zero-order chi connectivity index (χ0) is 16.8. The zero-order valence-electron chi connectivity index (χ0n) is 13.7. The van der Waals surface area contributed by atoms with Crippen LogP contribution in [0.3, 0.4) is 0 Å². The van der Waals surface area contributed by atoms with Gasteiger partial charge >= 0.3 is 5.97 Å². The molecule has 1 aromatic carbocycles. The fourth-order valence-electron chi connectivity index (χ4n) is 2.63. The highest BCUT2D eigenvalue weighted by Crippen LogP contribution is 2.34. The van der Waals surface area contributed by atoms with Crippen LogP contribution < -0.4 is 9.47 Å². The van der Waals surface area contributed by atoms with Gasteiger partial charge in [-0.1, -0.05) is 6.07 Å². The summed E-state index contributed by atoms with van der Waals surface area (Å²) in [7, 11) is 3.20. The minimum atomic E-state index is -0.291. The second kappa shape index (κ2) is 8.24. The van der Waals surface area contributed by atoms with Gasteiger partial charge in [0.1, 0.15) is 11.9 Å². The number of benzene rings is 1. The van der Waals surface area contributed by atoms with Crippen LogP contribution in [0.25, 0.3) is 0 Å². The molecular formula is C17H22O5S. The van der Waals surface area contributed by atoms with Crippen molar-refractivity contribution in [1.82, 2.24) is 0 Å². The SMILES string of the molecule is COc1ccc(CS[C@H]2CC(=O)CC[C@H]2OC(C)=O)cc1OC. The van der Waals surface area contributed by atoms with Gasteiger partial charge in [0, 0.05) is 30.8 Å². The molecular weight excluding hydrogens is 316 g/mol. The molecule has 2 atom stereocenters. The lowest BCUT2D eigenvalue weighted by molar-refractivity contribution is -0.148. The van der Waals surface area contributed by atoms with Gasteiger partial charge in [-0.2, -0.15) is 0 Å². The molecule has 1 aliphatic carbocycles. The summed E-state index contributed by atoms with van der Waals surface area (Å²) in [5.74, 6) is 2.03. The Kier molecular flexibility index (Phi) is 6.33. The summed E-state index contributed by atoms with van der Waals surface area (Å²) in [6, 6.07) is 5.77. The molecule has 0 heterocycles. The first-order valence-corrected chi connectivity index (χ1v) is 8.59. The number of thioether (sulfide) groups is 1. The van der Waals surface area contributed by atoms with E-state index in [4.69, 9.17) is 14.2 Å². The number of Topliss-reactive ketones (excluding diaryl/α,β-unsaturated/α-hetero) is 1. The molecule has 1 aromatic rings. The fourth-order valence-corrected chi connectivity index (χ4v) is 3.93. The number of carbonyl (C=O) groups is 2. The van der Waals surface area contributed by atoms with Crippen molar-refractivity contribution < 1.29 is 23.8 Å². The van der Waals surface area contributed by atoms with Crippen LogP contribution in [0.4, 0.5) is 0 Å². The molecule has 0 unspecified atom stereocenters. The number of ether oxygens (including phenoxy) is 3. The Morgan fingerprint density at radius 2 is 2.00 bits per heavy atom. The summed E-state index contributed by atoms with van der Waals surface area (Å²) in [5, 5.41) is 0.00764. The predicted octanol–water partition coefficient (Wildman–Crippen LogP) is 2.99. The van der Waals surface area contributed by atoms with Crippen molar-refractivity contribution in [2.24, 2.45) is 0 Å². The van der Waals surface area contributed by atoms with Gasteiger partial charge in [-0.25, -0.2) is 0 Å². The van der Waals surface area contributed by atoms with Crippen LogP contribution in [0.2, 0.25) is 0 Å². The largest absolute Gasteiger partial charge is 0.493 e. The normalized spacial score (nSPS) is 20.9. The number of ketones is 1. The van der Waals surface area contributed by atoms with Crippen molar-refractivity contribution in [3.05, 3.63) is 23.8 Å². The highest BCUT2D eigenvalue weighted by Gasteiger charge is 2.31. The first-order chi connectivity index (χ1) is 11.0. The van der Waals surface area contributed by atoms with Gasteiger partial charge in [0.05, 0.1) is 14.2 Å². The Morgan fingerprint density at radius 1 is 1.26 bits per heavy atom. The van der Waals surface area contributed by atoms with Gasteiger partial charge in [-0.15, -0.1) is 11.8 Å². The summed E-state index contributed by atoms with van der Waals surface area (Å²) in [6.45, 7) is 1.41. The van der Waals surface area contributed by atoms with Crippen molar-refractivity contribution in [1.29, 1.82) is 0 Å². The van der Waals surface area contributed by atoms with E-state index in [0.717, 1.165) is 11.3 Å². The summed E-state index contributed by atoms with van der Waals surface area (Å²) in [6.07, 6.45) is 1.37. The lowest BCUT2D eigenvalue weighted by atomic mass is 9.96. The van der Waals surface area contributed by atoms with E-state index in [9.17, 15) is 9.59 Å². The summed E-state index contributed by atoms with van der Waals surface area (Å²) < 4.78 is 15.9. The maximum Gasteiger partial charge on any atom is 0.302 e. The van der Waals surface area contributed by atoms with Crippen molar-refractivity contribution in [2.75, 3.05) is 14.2 Å². The van der Waals surface area contributed by atoms with Crippen LogP contribution in [0, 0.1) is 0 Å². The van der Waals surface area contributed by atoms with Crippen LogP contribution >= 0.6 is 11.8 Å². The molecule has 0 bridgehead atoms. The maximum absolute atomic E-state index is 11.7. The minimum Gasteiger partial charge on any atom is -0.493 e. The second-order valence-electron chi connectivity index (χ2n) is 5.47. The van der Waals surface area contributed by atoms with Crippen molar-refractivity contribution >= 4 is 23.5 Å². The van der Waals surface area contributed by atoms with E-state index >= 15 is 0 Å². The lowest BCUT2D eigenvalue weighted by Gasteiger charge is -2.29. The number of methoxy groups -OCH3 is 2. The van der Waals surface area contributed by atoms with E-state index in [0.29, 0.717) is 30.8 Å². The topological polar surface area (TPSA) is 61.8 Å². The van der Waals surface area contributed by atoms with Crippen molar-refractivity contribution in [3.8, 4) is 11.5 Å². The van der Waals surface area contributed by atoms with E-state index in [2.05, 4.69) is 0 Å². The molecule has 0 aliphatic heterocycles. The highest BCUT2D eigenvalue weighted by atomic mass is 32.2. The standard InChI is InChI=1S/C17H22O5S/c1-11(18)22-15-7-5-13(19)9-17(15)23-10-12-4-6-14(20-2)16(8-12)21-3/h4,6,8,15,17H,5,7,9-10H2,1-3H3/t15-,17+/m1/s1. The molecule has 0 amide bonds. The fraction of sp³-hybridized carbons (Fsp3) is 0.529. The third-order valence-electron chi connectivity index (χ3n) is 3.78. The van der Waals surface area contributed by atoms with Crippen LogP contribution in [0.5, 0.6) is 11.5 Å². The molecule has 1 fully saturated rings. The first-order valence-electron chi connectivity index (χ1n) is 7.55. The highest BCUT2D eigenvalue weighted by molar-refractivity contribution is 7.99. The zero-order valence-corrected chi connectivity index (χ0v) is 14.5. The van der Waals surface area contributed by atoms with Crippen molar-refractivity contribution in [2.45, 2.75) is 43.3 Å². The molecule has 23 heavy (non-hydrogen) atoms. The minimum absolute atomic E-state index is 0.00764. The van der Waals surface area contributed by atoms with Gasteiger partial charge in [0.25, 0.3) is 0 Å². The molecule has 0 saturated heterocycles. The van der Waals surface area contributed by atoms with Gasteiger partial charge in [0.15, 0.2) is 11.5 Å². The summed E-state index contributed by atoms with van der Waals surface area (Å²) in [4.78, 5) is 22.9. The molecule has 0 radical (unpaired) electrons. The number of rotatable bonds is 6. The number of hydrogen-bond donors (Lipinski definition) is 0. The van der Waals surface area contributed by atoms with Crippen molar-refractivity contribution in [3.63, 3.8) is 0 Å². The Labute approximate surface area is 140 Å². The lowest BCUT2D eigenvalue weighted by Crippen LogP contribution is -2.35. The maximum atomic E-state index is 11.7. The Balaban J connectivity index is 2.02. The average molecular weight is 338 g/mol. The molecule has 0 N–H and O–H groups in total. The van der Waals surface area contributed by atoms with E-state index in [-0.39, 0.29) is 23.1 Å². The molecule has 0 spiro atoms. The smallest absolute Gasteiger partial charge is 0.302 e. The summed E-state index contributed by atoms with van der Waals surface area (Å²) >= 11 is 1.64. The molecule has 0 aromatic heterocycles. The van der Waals surface area contributed by atoms with E-state index in [1.54, 1.807) is 26.0 Å². The molecule has 2 rings (SSSR count). The predicted molar refractivity (Wildman–Crippen MR) is 89.0 cm³/mol. The third-order valence-corrected chi connectivity index (χ3v) is 5.18. The van der Waals surface area contributed by atoms with Gasteiger partial charge < -0.3 is 14.2 Å². The molecule has 6 heteroatoms. The number of carbonyl (C=O) groups excluding carboxylic acids is 2. The van der Waals surface area contributed by atoms with E-state index in [1.807, 2.05) is 18.2 Å². The Morgan fingerprint density at radius 3 is 2.65 bits per heavy atom. The van der Waals surface area contributed by atoms with E-state index in [1.165, 1.54) is 6.92 Å². The molecule has 1 aliphatic rings. The molecule has 1 saturated carbocycles. The van der Waals surface area contributed by atoms with Crippen LogP contribution in [0.1, 0.15) is 31.7 Å². The van der Waals surface area contributed by atoms with Crippen LogP contribution in [-0.2, 0) is 20.1 Å². The summed E-state index contributed by atoms with van der Waals surface area (Å²) in [5.41, 5.74) is 1.08. The Bertz CT molecular complexity index is 572. The monoisotopic (exact) mass is 338 g/mol. The van der Waals surface area contributed by atoms with Gasteiger partial charge in [-0.3, -0.25) is 9.59 Å². The second-order valence-corrected chi connectivity index (χ2v) is 6.70. The van der Waals surface area contributed by atoms with E-state index < -0.39 is 0 Å². The Hall–Kier alpha value is -1.69. The average Bonchev–Trinajstić information content (AvgIpc) is 2.54. The quantitative estimate of drug-likeness (QED) is 0.743. The molecule has 5 nitrogen and oxygen atoms in total. The number of esters is 1. The van der Waals surface area contributed by atoms with Gasteiger partial charge in [-0.05, 0) is 24.1 Å². The van der Waals surface area contributed by atoms with Crippen LogP contribution in [0.15, 0.2) is 18.2 Å².